The molecule has 158 valence electrons. The van der Waals surface area contributed by atoms with Crippen molar-refractivity contribution in [1.29, 1.82) is 0 Å². The number of hydrogen-bond acceptors (Lipinski definition) is 6. The van der Waals surface area contributed by atoms with Gasteiger partial charge in [0.2, 0.25) is 11.7 Å². The van der Waals surface area contributed by atoms with E-state index in [4.69, 9.17) is 4.52 Å². The number of carbonyl (C=O) groups is 1. The fourth-order valence-electron chi connectivity index (χ4n) is 3.18. The molecule has 3 rings (SSSR count). The van der Waals surface area contributed by atoms with Crippen LogP contribution < -0.4 is 15.4 Å². The zero-order chi connectivity index (χ0) is 21.2. The van der Waals surface area contributed by atoms with Crippen molar-refractivity contribution >= 4 is 6.03 Å². The van der Waals surface area contributed by atoms with Crippen molar-refractivity contribution in [3.05, 3.63) is 30.2 Å². The van der Waals surface area contributed by atoms with Gasteiger partial charge >= 0.3 is 12.4 Å². The van der Waals surface area contributed by atoms with Gasteiger partial charge in [0.05, 0.1) is 6.04 Å². The summed E-state index contributed by atoms with van der Waals surface area (Å²) >= 11 is 0. The third kappa shape index (κ3) is 5.59. The summed E-state index contributed by atoms with van der Waals surface area (Å²) < 4.78 is 46.0. The Morgan fingerprint density at radius 3 is 2.62 bits per heavy atom. The number of aromatic nitrogens is 2. The van der Waals surface area contributed by atoms with Crippen LogP contribution in [0.1, 0.15) is 32.2 Å². The van der Waals surface area contributed by atoms with Crippen LogP contribution in [0, 0.1) is 0 Å². The Bertz CT molecular complexity index is 838. The van der Waals surface area contributed by atoms with Gasteiger partial charge in [0.25, 0.3) is 0 Å². The second kappa shape index (κ2) is 8.27. The molecule has 0 radical (unpaired) electrons. The smallest absolute Gasteiger partial charge is 0.406 e. The zero-order valence-electron chi connectivity index (χ0n) is 16.2. The van der Waals surface area contributed by atoms with Crippen molar-refractivity contribution in [2.45, 2.75) is 44.8 Å². The predicted octanol–water partition coefficient (Wildman–Crippen LogP) is 3.09. The fourth-order valence-corrected chi connectivity index (χ4v) is 3.18. The maximum Gasteiger partial charge on any atom is 0.573 e. The van der Waals surface area contributed by atoms with Gasteiger partial charge in [-0.05, 0) is 51.6 Å². The Labute approximate surface area is 165 Å². The first-order valence-corrected chi connectivity index (χ1v) is 9.08. The van der Waals surface area contributed by atoms with Crippen LogP contribution >= 0.6 is 0 Å². The Morgan fingerprint density at radius 1 is 1.31 bits per heavy atom. The number of alkyl halides is 3. The maximum atomic E-state index is 12.3. The van der Waals surface area contributed by atoms with Crippen molar-refractivity contribution in [3.8, 4) is 17.1 Å². The number of rotatable bonds is 5. The molecule has 2 atom stereocenters. The van der Waals surface area contributed by atoms with E-state index in [1.54, 1.807) is 0 Å². The van der Waals surface area contributed by atoms with Crippen LogP contribution in [-0.4, -0.2) is 53.1 Å². The number of halogens is 3. The third-order valence-corrected chi connectivity index (χ3v) is 4.38. The van der Waals surface area contributed by atoms with Gasteiger partial charge in [0.1, 0.15) is 5.75 Å². The summed E-state index contributed by atoms with van der Waals surface area (Å²) in [5, 5.41) is 9.62. The van der Waals surface area contributed by atoms with Crippen LogP contribution in [0.5, 0.6) is 5.75 Å². The van der Waals surface area contributed by atoms with E-state index in [-0.39, 0.29) is 35.7 Å². The van der Waals surface area contributed by atoms with Crippen LogP contribution in [0.3, 0.4) is 0 Å². The number of likely N-dealkylation sites (N-methyl/N-ethyl adjacent to an activating group) is 1. The van der Waals surface area contributed by atoms with Crippen LogP contribution in [0.2, 0.25) is 0 Å². The number of ether oxygens (including phenoxy) is 1. The monoisotopic (exact) mass is 413 g/mol. The van der Waals surface area contributed by atoms with Gasteiger partial charge < -0.3 is 19.9 Å². The number of hydrogen-bond donors (Lipinski definition) is 2. The van der Waals surface area contributed by atoms with E-state index in [1.165, 1.54) is 24.3 Å². The maximum absolute atomic E-state index is 12.3. The lowest BCUT2D eigenvalue weighted by molar-refractivity contribution is -0.274. The van der Waals surface area contributed by atoms with Gasteiger partial charge in [0.15, 0.2) is 0 Å². The highest BCUT2D eigenvalue weighted by Gasteiger charge is 2.35. The average Bonchev–Trinajstić information content (AvgIpc) is 3.20. The minimum atomic E-state index is -4.75. The first-order valence-electron chi connectivity index (χ1n) is 9.08. The number of carbonyl (C=O) groups excluding carboxylic acids is 1. The molecule has 2 N–H and O–H groups in total. The van der Waals surface area contributed by atoms with Gasteiger partial charge in [-0.2, -0.15) is 4.98 Å². The van der Waals surface area contributed by atoms with Crippen molar-refractivity contribution in [1.82, 2.24) is 25.7 Å². The molecule has 1 aromatic heterocycles. The summed E-state index contributed by atoms with van der Waals surface area (Å²) in [4.78, 5) is 18.3. The first kappa shape index (κ1) is 20.9. The van der Waals surface area contributed by atoms with Gasteiger partial charge in [-0.15, -0.1) is 13.2 Å². The van der Waals surface area contributed by atoms with E-state index in [0.717, 1.165) is 0 Å². The Kier molecular flexibility index (Phi) is 5.96. The predicted molar refractivity (Wildman–Crippen MR) is 97.0 cm³/mol. The SMILES string of the molecule is CC(C)NC(=O)NC1CC(c2nc(-c3ccc(OC(F)(F)F)cc3)no2)N(C)C1. The van der Waals surface area contributed by atoms with Crippen LogP contribution in [0.4, 0.5) is 18.0 Å². The highest BCUT2D eigenvalue weighted by Crippen LogP contribution is 2.31. The second-order valence-corrected chi connectivity index (χ2v) is 7.19. The number of nitrogens with one attached hydrogen (secondary N) is 2. The summed E-state index contributed by atoms with van der Waals surface area (Å²) in [6.45, 7) is 4.38. The standard InChI is InChI=1S/C18H22F3N5O3/c1-10(2)22-17(27)23-12-8-14(26(3)9-12)16-24-15(25-29-16)11-4-6-13(7-5-11)28-18(19,20)21/h4-7,10,12,14H,8-9H2,1-3H3,(H2,22,23,27). The lowest BCUT2D eigenvalue weighted by atomic mass is 10.1. The third-order valence-electron chi connectivity index (χ3n) is 4.38. The van der Waals surface area contributed by atoms with Gasteiger partial charge in [0, 0.05) is 24.2 Å². The van der Waals surface area contributed by atoms with Crippen molar-refractivity contribution in [2.75, 3.05) is 13.6 Å². The Morgan fingerprint density at radius 2 is 2.00 bits per heavy atom. The molecule has 1 aromatic carbocycles. The highest BCUT2D eigenvalue weighted by molar-refractivity contribution is 5.74. The molecule has 1 aliphatic heterocycles. The lowest BCUT2D eigenvalue weighted by Gasteiger charge is -2.15. The van der Waals surface area contributed by atoms with Crippen molar-refractivity contribution in [2.24, 2.45) is 0 Å². The molecule has 2 heterocycles. The largest absolute Gasteiger partial charge is 0.573 e. The van der Waals surface area contributed by atoms with Crippen molar-refractivity contribution in [3.63, 3.8) is 0 Å². The molecule has 0 aliphatic carbocycles. The number of amides is 2. The van der Waals surface area contributed by atoms with Gasteiger partial charge in [-0.1, -0.05) is 5.16 Å². The molecule has 0 saturated carbocycles. The van der Waals surface area contributed by atoms with E-state index in [1.807, 2.05) is 25.8 Å². The molecule has 2 amide bonds. The molecule has 29 heavy (non-hydrogen) atoms. The second-order valence-electron chi connectivity index (χ2n) is 7.19. The molecule has 2 aromatic rings. The van der Waals surface area contributed by atoms with Crippen molar-refractivity contribution < 1.29 is 27.2 Å². The van der Waals surface area contributed by atoms with E-state index in [2.05, 4.69) is 25.5 Å². The molecule has 1 fully saturated rings. The summed E-state index contributed by atoms with van der Waals surface area (Å²) in [7, 11) is 1.89. The molecule has 0 bridgehead atoms. The number of likely N-dealkylation sites (tertiary alicyclic amines) is 1. The number of nitrogens with zero attached hydrogens (tertiary/aromatic N) is 3. The molecule has 0 spiro atoms. The van der Waals surface area contributed by atoms with E-state index < -0.39 is 6.36 Å². The van der Waals surface area contributed by atoms with Gasteiger partial charge in [-0.25, -0.2) is 4.79 Å². The minimum absolute atomic E-state index is 0.0383. The molecule has 1 saturated heterocycles. The number of urea groups is 1. The minimum Gasteiger partial charge on any atom is -0.406 e. The molecular formula is C18H22F3N5O3. The summed E-state index contributed by atoms with van der Waals surface area (Å²) in [6, 6.07) is 4.79. The zero-order valence-corrected chi connectivity index (χ0v) is 16.2. The lowest BCUT2D eigenvalue weighted by Crippen LogP contribution is -2.45. The molecule has 2 unspecified atom stereocenters. The van der Waals surface area contributed by atoms with Gasteiger partial charge in [-0.3, -0.25) is 4.90 Å². The quantitative estimate of drug-likeness (QED) is 0.783. The van der Waals surface area contributed by atoms with E-state index >= 15 is 0 Å². The molecular weight excluding hydrogens is 391 g/mol. The molecule has 1 aliphatic rings. The average molecular weight is 413 g/mol. The fraction of sp³-hybridized carbons (Fsp3) is 0.500. The topological polar surface area (TPSA) is 92.5 Å². The summed E-state index contributed by atoms with van der Waals surface area (Å²) in [6.07, 6.45) is -4.15. The van der Waals surface area contributed by atoms with Crippen LogP contribution in [0.15, 0.2) is 28.8 Å². The molecule has 11 heteroatoms. The number of benzene rings is 1. The van der Waals surface area contributed by atoms with Crippen LogP contribution in [-0.2, 0) is 0 Å². The first-order chi connectivity index (χ1) is 13.6. The normalized spacial score (nSPS) is 20.1. The van der Waals surface area contributed by atoms with Crippen LogP contribution in [0.25, 0.3) is 11.4 Å². The van der Waals surface area contributed by atoms with E-state index in [0.29, 0.717) is 24.4 Å². The Hall–Kier alpha value is -2.82. The summed E-state index contributed by atoms with van der Waals surface area (Å²) in [5.74, 6) is 0.321. The highest BCUT2D eigenvalue weighted by atomic mass is 19.4. The summed E-state index contributed by atoms with van der Waals surface area (Å²) in [5.41, 5.74) is 0.501. The van der Waals surface area contributed by atoms with E-state index in [9.17, 15) is 18.0 Å². The Balaban J connectivity index is 1.64. The molecule has 8 nitrogen and oxygen atoms in total.